The molecular weight excluding hydrogens is 833 g/mol. The molecule has 0 saturated carbocycles. The fourth-order valence-corrected chi connectivity index (χ4v) is 13.2. The van der Waals surface area contributed by atoms with E-state index in [2.05, 4.69) is 231 Å². The van der Waals surface area contributed by atoms with Crippen LogP contribution in [0.4, 0.5) is 0 Å². The maximum atomic E-state index is 2.46. The fourth-order valence-electron chi connectivity index (χ4n) is 11.0. The number of benzene rings is 12. The van der Waals surface area contributed by atoms with Crippen molar-refractivity contribution in [2.45, 2.75) is 0 Å². The van der Waals surface area contributed by atoms with Gasteiger partial charge in [0.15, 0.2) is 0 Å². The minimum Gasteiger partial charge on any atom is -0.135 e. The lowest BCUT2D eigenvalue weighted by Gasteiger charge is -2.18. The van der Waals surface area contributed by atoms with Crippen LogP contribution in [0.1, 0.15) is 0 Å². The van der Waals surface area contributed by atoms with Crippen LogP contribution in [-0.2, 0) is 0 Å². The summed E-state index contributed by atoms with van der Waals surface area (Å²) in [5.74, 6) is 0. The van der Waals surface area contributed by atoms with E-state index in [-0.39, 0.29) is 0 Å². The van der Waals surface area contributed by atoms with E-state index >= 15 is 0 Å². The van der Waals surface area contributed by atoms with E-state index < -0.39 is 0 Å². The van der Waals surface area contributed by atoms with Gasteiger partial charge in [-0.3, -0.25) is 0 Å². The lowest BCUT2D eigenvalue weighted by atomic mass is 9.85. The first-order valence-corrected chi connectivity index (χ1v) is 24.3. The van der Waals surface area contributed by atoms with Gasteiger partial charge < -0.3 is 0 Å². The zero-order valence-electron chi connectivity index (χ0n) is 35.8. The van der Waals surface area contributed by atoms with Gasteiger partial charge in [-0.25, -0.2) is 0 Å². The molecule has 0 fully saturated rings. The van der Waals surface area contributed by atoms with E-state index in [1.54, 1.807) is 0 Å². The average molecular weight is 871 g/mol. The number of rotatable bonds is 5. The molecule has 0 nitrogen and oxygen atoms in total. The Morgan fingerprint density at radius 3 is 1.03 bits per heavy atom. The molecule has 0 bridgehead atoms. The molecule has 306 valence electrons. The van der Waals surface area contributed by atoms with Gasteiger partial charge in [0.25, 0.3) is 0 Å². The maximum absolute atomic E-state index is 2.46. The normalized spacial score (nSPS) is 11.9. The van der Waals surface area contributed by atoms with Crippen LogP contribution in [0, 0.1) is 0 Å². The second-order valence-electron chi connectivity index (χ2n) is 17.4. The summed E-state index contributed by atoms with van der Waals surface area (Å²) in [7, 11) is 0. The minimum atomic E-state index is 1.24. The van der Waals surface area contributed by atoms with Gasteiger partial charge in [-0.05, 0) is 130 Å². The summed E-state index contributed by atoms with van der Waals surface area (Å²) in [6.07, 6.45) is 0. The lowest BCUT2D eigenvalue weighted by Crippen LogP contribution is -1.91. The third-order valence-corrected chi connectivity index (χ3v) is 16.2. The molecule has 0 spiro atoms. The zero-order valence-corrected chi connectivity index (χ0v) is 37.4. The summed E-state index contributed by atoms with van der Waals surface area (Å²) in [6, 6.07) is 85.9. The SMILES string of the molecule is c1ccc(-c2ccc3sc4ccc(-c5c6ccccc6c(-c6cccc7c6sc6ccc(-c8c9ccccc9c(-c9ccccc9)c9ccccc89)cc67)c6ccccc56)cc4c3c2)cc1. The van der Waals surface area contributed by atoms with Crippen molar-refractivity contribution >= 4 is 106 Å². The first-order chi connectivity index (χ1) is 32.7. The number of thiophene rings is 2. The van der Waals surface area contributed by atoms with Crippen LogP contribution in [0.15, 0.2) is 231 Å². The summed E-state index contributed by atoms with van der Waals surface area (Å²) in [5, 5.41) is 15.4. The quantitative estimate of drug-likeness (QED) is 0.151. The zero-order chi connectivity index (χ0) is 43.3. The standard InChI is InChI=1S/C64H38S2/c1-3-16-39(17-4-1)41-30-33-57-55(36-41)56-38-43(31-34-58(56)65-57)62-48-24-11-13-26-50(48)63(51-27-14-12-25-49(51)62)53-29-15-28-52-54-37-42(32-35-59(54)66-64(52)53)61-46-22-9-7-20-44(46)60(40-18-5-2-6-19-40)45-21-8-10-23-47(45)61/h1-38H. The molecule has 0 atom stereocenters. The van der Waals surface area contributed by atoms with Crippen molar-refractivity contribution in [3.8, 4) is 55.6 Å². The van der Waals surface area contributed by atoms with Gasteiger partial charge in [-0.2, -0.15) is 0 Å². The number of hydrogen-bond acceptors (Lipinski definition) is 2. The Labute approximate surface area is 389 Å². The predicted molar refractivity (Wildman–Crippen MR) is 289 cm³/mol. The largest absolute Gasteiger partial charge is 0.135 e. The Hall–Kier alpha value is -7.88. The van der Waals surface area contributed by atoms with Gasteiger partial charge in [-0.1, -0.05) is 194 Å². The van der Waals surface area contributed by atoms with Crippen molar-refractivity contribution in [2.24, 2.45) is 0 Å². The molecule has 14 rings (SSSR count). The second-order valence-corrected chi connectivity index (χ2v) is 19.6. The van der Waals surface area contributed by atoms with Crippen LogP contribution in [0.2, 0.25) is 0 Å². The van der Waals surface area contributed by atoms with Gasteiger partial charge in [0.1, 0.15) is 0 Å². The van der Waals surface area contributed by atoms with Crippen molar-refractivity contribution in [1.29, 1.82) is 0 Å². The monoisotopic (exact) mass is 870 g/mol. The van der Waals surface area contributed by atoms with Gasteiger partial charge in [0.05, 0.1) is 0 Å². The van der Waals surface area contributed by atoms with Crippen LogP contribution >= 0.6 is 22.7 Å². The molecule has 0 amide bonds. The molecule has 0 N–H and O–H groups in total. The molecule has 12 aromatic carbocycles. The van der Waals surface area contributed by atoms with E-state index in [0.717, 1.165) is 0 Å². The van der Waals surface area contributed by atoms with E-state index in [0.29, 0.717) is 0 Å². The predicted octanol–water partition coefficient (Wildman–Crippen LogP) is 19.4. The van der Waals surface area contributed by atoms with Crippen molar-refractivity contribution in [3.63, 3.8) is 0 Å². The molecule has 0 aliphatic heterocycles. The highest BCUT2D eigenvalue weighted by molar-refractivity contribution is 7.26. The number of hydrogen-bond donors (Lipinski definition) is 0. The number of fused-ring (bicyclic) bond motifs is 10. The van der Waals surface area contributed by atoms with Crippen molar-refractivity contribution in [1.82, 2.24) is 0 Å². The molecule has 0 saturated heterocycles. The molecule has 2 heteroatoms. The Morgan fingerprint density at radius 1 is 0.197 bits per heavy atom. The summed E-state index contributed by atoms with van der Waals surface area (Å²) in [5.41, 5.74) is 12.7. The van der Waals surface area contributed by atoms with Gasteiger partial charge in [0.2, 0.25) is 0 Å². The molecule has 0 aliphatic rings. The topological polar surface area (TPSA) is 0 Å². The first kappa shape index (κ1) is 37.5. The molecule has 0 unspecified atom stereocenters. The molecule has 2 aromatic heterocycles. The van der Waals surface area contributed by atoms with Crippen molar-refractivity contribution < 1.29 is 0 Å². The second kappa shape index (κ2) is 14.8. The smallest absolute Gasteiger partial charge is 0.0434 e. The summed E-state index contributed by atoms with van der Waals surface area (Å²) in [6.45, 7) is 0. The van der Waals surface area contributed by atoms with Gasteiger partial charge in [-0.15, -0.1) is 22.7 Å². The Bertz CT molecular complexity index is 4150. The van der Waals surface area contributed by atoms with Crippen LogP contribution in [0.3, 0.4) is 0 Å². The van der Waals surface area contributed by atoms with E-state index in [1.165, 1.54) is 139 Å². The molecule has 14 aromatic rings. The van der Waals surface area contributed by atoms with Crippen LogP contribution in [0.5, 0.6) is 0 Å². The highest BCUT2D eigenvalue weighted by Crippen LogP contribution is 2.50. The van der Waals surface area contributed by atoms with E-state index in [9.17, 15) is 0 Å². The Balaban J connectivity index is 0.970. The minimum absolute atomic E-state index is 1.24. The molecular formula is C64H38S2. The van der Waals surface area contributed by atoms with Crippen molar-refractivity contribution in [3.05, 3.63) is 231 Å². The van der Waals surface area contributed by atoms with Crippen molar-refractivity contribution in [2.75, 3.05) is 0 Å². The van der Waals surface area contributed by atoms with Gasteiger partial charge in [0, 0.05) is 45.9 Å². The van der Waals surface area contributed by atoms with Crippen LogP contribution in [0.25, 0.3) is 139 Å². The summed E-state index contributed by atoms with van der Waals surface area (Å²) >= 11 is 3.80. The molecule has 2 heterocycles. The Kier molecular flexibility index (Phi) is 8.43. The highest BCUT2D eigenvalue weighted by atomic mass is 32.1. The Morgan fingerprint density at radius 2 is 0.545 bits per heavy atom. The maximum Gasteiger partial charge on any atom is 0.0434 e. The van der Waals surface area contributed by atoms with E-state index in [1.807, 2.05) is 22.7 Å². The fraction of sp³-hybridized carbons (Fsp3) is 0. The molecule has 66 heavy (non-hydrogen) atoms. The van der Waals surface area contributed by atoms with E-state index in [4.69, 9.17) is 0 Å². The van der Waals surface area contributed by atoms with Crippen LogP contribution in [-0.4, -0.2) is 0 Å². The highest BCUT2D eigenvalue weighted by Gasteiger charge is 2.22. The van der Waals surface area contributed by atoms with Crippen LogP contribution < -0.4 is 0 Å². The molecule has 0 radical (unpaired) electrons. The third-order valence-electron chi connectivity index (χ3n) is 13.8. The third kappa shape index (κ3) is 5.69. The summed E-state index contributed by atoms with van der Waals surface area (Å²) < 4.78 is 5.25. The lowest BCUT2D eigenvalue weighted by molar-refractivity contribution is 1.66. The van der Waals surface area contributed by atoms with Gasteiger partial charge >= 0.3 is 0 Å². The first-order valence-electron chi connectivity index (χ1n) is 22.7. The summed E-state index contributed by atoms with van der Waals surface area (Å²) in [4.78, 5) is 0. The average Bonchev–Trinajstić information content (AvgIpc) is 3.95. The molecule has 0 aliphatic carbocycles.